The maximum absolute atomic E-state index is 12.5. The fraction of sp³-hybridized carbons (Fsp3) is 0.158. The summed E-state index contributed by atoms with van der Waals surface area (Å²) in [4.78, 5) is 27.4. The van der Waals surface area contributed by atoms with Crippen molar-refractivity contribution < 1.29 is 19.2 Å². The van der Waals surface area contributed by atoms with E-state index in [1.54, 1.807) is 36.4 Å². The molecule has 150 valence electrons. The Kier molecular flexibility index (Phi) is 6.69. The molecule has 0 aliphatic carbocycles. The molecule has 0 fully saturated rings. The minimum atomic E-state index is -1.09. The summed E-state index contributed by atoms with van der Waals surface area (Å²) in [5.41, 5.74) is 1.42. The minimum absolute atomic E-state index is 0.0477. The number of urea groups is 1. The molecule has 1 unspecified atom stereocenters. The number of amides is 2. The van der Waals surface area contributed by atoms with Crippen molar-refractivity contribution in [1.82, 2.24) is 15.5 Å². The maximum atomic E-state index is 12.5. The number of hydrogen-bond acceptors (Lipinski definition) is 5. The maximum Gasteiger partial charge on any atom is 0.319 e. The first-order valence-electron chi connectivity index (χ1n) is 8.51. The summed E-state index contributed by atoms with van der Waals surface area (Å²) < 4.78 is 4.98. The first-order chi connectivity index (χ1) is 13.9. The molecular formula is C19H16Cl2N4O4. The van der Waals surface area contributed by atoms with Crippen molar-refractivity contribution in [2.24, 2.45) is 0 Å². The van der Waals surface area contributed by atoms with E-state index in [4.69, 9.17) is 32.8 Å². The van der Waals surface area contributed by atoms with Crippen LogP contribution in [0.2, 0.25) is 10.0 Å². The standard InChI is InChI=1S/C19H16Cl2N4O4/c20-12-3-1-11(2-4-12)9-15(18-24-16(29-25-18)10-17(26)27)23-19(28)22-14-7-5-13(21)6-8-14/h1-8,15H,9-10H2,(H,26,27)(H2,22,23,28). The number of halogens is 2. The first kappa shape index (κ1) is 20.6. The fourth-order valence-electron chi connectivity index (χ4n) is 2.53. The van der Waals surface area contributed by atoms with E-state index in [0.29, 0.717) is 22.2 Å². The van der Waals surface area contributed by atoms with Gasteiger partial charge in [-0.05, 0) is 42.0 Å². The number of carbonyl (C=O) groups excluding carboxylic acids is 1. The number of aromatic nitrogens is 2. The number of anilines is 1. The van der Waals surface area contributed by atoms with Crippen molar-refractivity contribution in [2.75, 3.05) is 5.32 Å². The molecular weight excluding hydrogens is 419 g/mol. The van der Waals surface area contributed by atoms with Crippen LogP contribution in [0.25, 0.3) is 0 Å². The van der Waals surface area contributed by atoms with E-state index in [1.165, 1.54) is 0 Å². The molecule has 1 atom stereocenters. The van der Waals surface area contributed by atoms with Gasteiger partial charge in [0.15, 0.2) is 5.82 Å². The van der Waals surface area contributed by atoms with Crippen LogP contribution < -0.4 is 10.6 Å². The van der Waals surface area contributed by atoms with Crippen molar-refractivity contribution in [1.29, 1.82) is 0 Å². The van der Waals surface area contributed by atoms with Crippen LogP contribution in [-0.2, 0) is 17.6 Å². The lowest BCUT2D eigenvalue weighted by atomic mass is 10.1. The summed E-state index contributed by atoms with van der Waals surface area (Å²) >= 11 is 11.8. The van der Waals surface area contributed by atoms with E-state index in [-0.39, 0.29) is 11.7 Å². The van der Waals surface area contributed by atoms with E-state index in [9.17, 15) is 9.59 Å². The molecule has 8 nitrogen and oxygen atoms in total. The number of nitrogens with zero attached hydrogens (tertiary/aromatic N) is 2. The predicted octanol–water partition coefficient (Wildman–Crippen LogP) is 4.11. The summed E-state index contributed by atoms with van der Waals surface area (Å²) in [6.07, 6.45) is -0.0606. The molecule has 3 rings (SSSR count). The van der Waals surface area contributed by atoms with Crippen LogP contribution in [0.1, 0.15) is 23.3 Å². The third-order valence-electron chi connectivity index (χ3n) is 3.86. The highest BCUT2D eigenvalue weighted by molar-refractivity contribution is 6.30. The second-order valence-electron chi connectivity index (χ2n) is 6.11. The van der Waals surface area contributed by atoms with Gasteiger partial charge in [0.1, 0.15) is 6.42 Å². The van der Waals surface area contributed by atoms with E-state index < -0.39 is 24.5 Å². The van der Waals surface area contributed by atoms with Gasteiger partial charge in [0, 0.05) is 22.2 Å². The van der Waals surface area contributed by atoms with Gasteiger partial charge in [-0.1, -0.05) is 40.5 Å². The lowest BCUT2D eigenvalue weighted by Gasteiger charge is -2.16. The molecule has 3 aromatic rings. The van der Waals surface area contributed by atoms with Crippen LogP contribution in [0, 0.1) is 0 Å². The molecule has 1 aromatic heterocycles. The fourth-order valence-corrected chi connectivity index (χ4v) is 2.78. The molecule has 29 heavy (non-hydrogen) atoms. The van der Waals surface area contributed by atoms with Gasteiger partial charge in [-0.3, -0.25) is 4.79 Å². The Morgan fingerprint density at radius 2 is 1.66 bits per heavy atom. The summed E-state index contributed by atoms with van der Waals surface area (Å²) in [5.74, 6) is -0.973. The highest BCUT2D eigenvalue weighted by Gasteiger charge is 2.22. The van der Waals surface area contributed by atoms with Crippen LogP contribution in [0.15, 0.2) is 53.1 Å². The molecule has 1 heterocycles. The molecule has 0 aliphatic rings. The average molecular weight is 435 g/mol. The Balaban J connectivity index is 1.76. The minimum Gasteiger partial charge on any atom is -0.481 e. The third kappa shape index (κ3) is 6.20. The van der Waals surface area contributed by atoms with Gasteiger partial charge >= 0.3 is 12.0 Å². The summed E-state index contributed by atoms with van der Waals surface area (Å²) in [7, 11) is 0. The van der Waals surface area contributed by atoms with Gasteiger partial charge in [0.25, 0.3) is 0 Å². The third-order valence-corrected chi connectivity index (χ3v) is 4.36. The van der Waals surface area contributed by atoms with Crippen LogP contribution in [0.3, 0.4) is 0 Å². The molecule has 2 amide bonds. The molecule has 0 bridgehead atoms. The molecule has 3 N–H and O–H groups in total. The molecule has 0 aliphatic heterocycles. The van der Waals surface area contributed by atoms with Gasteiger partial charge in [-0.2, -0.15) is 4.98 Å². The predicted molar refractivity (Wildman–Crippen MR) is 107 cm³/mol. The topological polar surface area (TPSA) is 117 Å². The number of carboxylic acid groups (broad SMARTS) is 1. The van der Waals surface area contributed by atoms with Crippen molar-refractivity contribution in [3.8, 4) is 0 Å². The summed E-state index contributed by atoms with van der Waals surface area (Å²) in [5, 5.41) is 19.3. The van der Waals surface area contributed by atoms with E-state index in [2.05, 4.69) is 20.8 Å². The Morgan fingerprint density at radius 3 is 2.28 bits per heavy atom. The normalized spacial score (nSPS) is 11.7. The van der Waals surface area contributed by atoms with Crippen LogP contribution in [0.5, 0.6) is 0 Å². The molecule has 10 heteroatoms. The zero-order valence-electron chi connectivity index (χ0n) is 14.9. The van der Waals surface area contributed by atoms with Crippen molar-refractivity contribution >= 4 is 40.9 Å². The Labute approximate surface area is 175 Å². The molecule has 2 aromatic carbocycles. The molecule has 0 saturated carbocycles. The number of benzene rings is 2. The molecule has 0 saturated heterocycles. The smallest absolute Gasteiger partial charge is 0.319 e. The number of carbonyl (C=O) groups is 2. The number of nitrogens with one attached hydrogen (secondary N) is 2. The zero-order chi connectivity index (χ0) is 20.8. The summed E-state index contributed by atoms with van der Waals surface area (Å²) in [6.45, 7) is 0. The van der Waals surface area contributed by atoms with Crippen LogP contribution >= 0.6 is 23.2 Å². The largest absolute Gasteiger partial charge is 0.481 e. The number of rotatable bonds is 7. The van der Waals surface area contributed by atoms with Crippen molar-refractivity contribution in [3.63, 3.8) is 0 Å². The Morgan fingerprint density at radius 1 is 1.03 bits per heavy atom. The molecule has 0 spiro atoms. The lowest BCUT2D eigenvalue weighted by Crippen LogP contribution is -2.34. The number of aliphatic carboxylic acids is 1. The monoisotopic (exact) mass is 434 g/mol. The quantitative estimate of drug-likeness (QED) is 0.514. The van der Waals surface area contributed by atoms with Crippen molar-refractivity contribution in [2.45, 2.75) is 18.9 Å². The first-order valence-corrected chi connectivity index (χ1v) is 9.26. The van der Waals surface area contributed by atoms with E-state index in [0.717, 1.165) is 5.56 Å². The van der Waals surface area contributed by atoms with Gasteiger partial charge in [-0.15, -0.1) is 0 Å². The van der Waals surface area contributed by atoms with Crippen LogP contribution in [-0.4, -0.2) is 27.2 Å². The van der Waals surface area contributed by atoms with Gasteiger partial charge in [0.2, 0.25) is 5.89 Å². The van der Waals surface area contributed by atoms with Crippen molar-refractivity contribution in [3.05, 3.63) is 75.9 Å². The average Bonchev–Trinajstić information content (AvgIpc) is 3.12. The second kappa shape index (κ2) is 9.40. The highest BCUT2D eigenvalue weighted by Crippen LogP contribution is 2.19. The molecule has 0 radical (unpaired) electrons. The zero-order valence-corrected chi connectivity index (χ0v) is 16.4. The van der Waals surface area contributed by atoms with E-state index in [1.807, 2.05) is 12.1 Å². The van der Waals surface area contributed by atoms with Crippen LogP contribution in [0.4, 0.5) is 10.5 Å². The number of carboxylic acids is 1. The van der Waals surface area contributed by atoms with Gasteiger partial charge in [0.05, 0.1) is 6.04 Å². The lowest BCUT2D eigenvalue weighted by molar-refractivity contribution is -0.136. The van der Waals surface area contributed by atoms with E-state index >= 15 is 0 Å². The Bertz CT molecular complexity index is 990. The number of hydrogen-bond donors (Lipinski definition) is 3. The van der Waals surface area contributed by atoms with Gasteiger partial charge < -0.3 is 20.3 Å². The Hall–Kier alpha value is -3.10. The second-order valence-corrected chi connectivity index (χ2v) is 6.98. The van der Waals surface area contributed by atoms with Gasteiger partial charge in [-0.25, -0.2) is 4.79 Å². The summed E-state index contributed by atoms with van der Waals surface area (Å²) in [6, 6.07) is 12.6. The SMILES string of the molecule is O=C(O)Cc1nc(C(Cc2ccc(Cl)cc2)NC(=O)Nc2ccc(Cl)cc2)no1. The highest BCUT2D eigenvalue weighted by atomic mass is 35.5.